The van der Waals surface area contributed by atoms with Crippen molar-refractivity contribution in [3.8, 4) is 0 Å². The first-order valence-electron chi connectivity index (χ1n) is 8.20. The normalized spacial score (nSPS) is 11.7. The van der Waals surface area contributed by atoms with E-state index in [-0.39, 0.29) is 0 Å². The van der Waals surface area contributed by atoms with Gasteiger partial charge < -0.3 is 15.2 Å². The van der Waals surface area contributed by atoms with E-state index in [4.69, 9.17) is 0 Å². The van der Waals surface area contributed by atoms with Gasteiger partial charge in [-0.3, -0.25) is 4.99 Å². The first-order chi connectivity index (χ1) is 10.3. The third-order valence-electron chi connectivity index (χ3n) is 3.59. The molecule has 1 aromatic rings. The van der Waals surface area contributed by atoms with E-state index in [1.165, 1.54) is 25.7 Å². The molecule has 2 N–H and O–H groups in total. The SMILES string of the molecule is CCCCCCNC(=NC)NCCCCn1ccnc1C. The lowest BCUT2D eigenvalue weighted by molar-refractivity contribution is 0.586. The topological polar surface area (TPSA) is 54.2 Å². The van der Waals surface area contributed by atoms with Gasteiger partial charge in [0.05, 0.1) is 0 Å². The summed E-state index contributed by atoms with van der Waals surface area (Å²) in [5.74, 6) is 2.01. The van der Waals surface area contributed by atoms with Crippen molar-refractivity contribution in [3.63, 3.8) is 0 Å². The number of hydrogen-bond donors (Lipinski definition) is 2. The van der Waals surface area contributed by atoms with Crippen LogP contribution >= 0.6 is 0 Å². The zero-order valence-corrected chi connectivity index (χ0v) is 13.9. The molecule has 0 fully saturated rings. The van der Waals surface area contributed by atoms with Gasteiger partial charge in [-0.1, -0.05) is 26.2 Å². The molecule has 0 saturated carbocycles. The van der Waals surface area contributed by atoms with Crippen LogP contribution in [0, 0.1) is 6.92 Å². The molecule has 0 aliphatic heterocycles. The van der Waals surface area contributed by atoms with Crippen LogP contribution in [0.5, 0.6) is 0 Å². The van der Waals surface area contributed by atoms with E-state index in [1.54, 1.807) is 0 Å². The Morgan fingerprint density at radius 1 is 1.14 bits per heavy atom. The van der Waals surface area contributed by atoms with Crippen molar-refractivity contribution < 1.29 is 0 Å². The standard InChI is InChI=1S/C16H31N5/c1-4-5-6-7-10-19-16(17-3)20-11-8-9-13-21-14-12-18-15(21)2/h12,14H,4-11,13H2,1-3H3,(H2,17,19,20). The van der Waals surface area contributed by atoms with Crippen LogP contribution in [0.2, 0.25) is 0 Å². The summed E-state index contributed by atoms with van der Waals surface area (Å²) in [7, 11) is 1.83. The smallest absolute Gasteiger partial charge is 0.190 e. The average Bonchev–Trinajstić information content (AvgIpc) is 2.90. The van der Waals surface area contributed by atoms with Gasteiger partial charge in [0.25, 0.3) is 0 Å². The maximum absolute atomic E-state index is 4.25. The third kappa shape index (κ3) is 7.73. The maximum atomic E-state index is 4.25. The number of aryl methyl sites for hydroxylation is 2. The monoisotopic (exact) mass is 293 g/mol. The van der Waals surface area contributed by atoms with Crippen LogP contribution in [0.3, 0.4) is 0 Å². The molecule has 120 valence electrons. The van der Waals surface area contributed by atoms with Crippen LogP contribution in [0.4, 0.5) is 0 Å². The van der Waals surface area contributed by atoms with Gasteiger partial charge in [0.2, 0.25) is 0 Å². The van der Waals surface area contributed by atoms with Crippen LogP contribution in [0.15, 0.2) is 17.4 Å². The second-order valence-corrected chi connectivity index (χ2v) is 5.36. The fourth-order valence-electron chi connectivity index (χ4n) is 2.23. The quantitative estimate of drug-likeness (QED) is 0.396. The molecule has 5 heteroatoms. The van der Waals surface area contributed by atoms with E-state index >= 15 is 0 Å². The van der Waals surface area contributed by atoms with E-state index in [1.807, 2.05) is 26.4 Å². The minimum absolute atomic E-state index is 0.922. The van der Waals surface area contributed by atoms with E-state index in [0.29, 0.717) is 0 Å². The Labute approximate surface area is 129 Å². The van der Waals surface area contributed by atoms with Crippen molar-refractivity contribution in [1.29, 1.82) is 0 Å². The molecule has 1 rings (SSSR count). The Kier molecular flexibility index (Phi) is 9.33. The molecular weight excluding hydrogens is 262 g/mol. The lowest BCUT2D eigenvalue weighted by atomic mass is 10.2. The molecule has 21 heavy (non-hydrogen) atoms. The fraction of sp³-hybridized carbons (Fsp3) is 0.750. The summed E-state index contributed by atoms with van der Waals surface area (Å²) in [6.45, 7) is 7.29. The second-order valence-electron chi connectivity index (χ2n) is 5.36. The molecule has 0 amide bonds. The van der Waals surface area contributed by atoms with Crippen molar-refractivity contribution in [2.45, 2.75) is 58.9 Å². The lowest BCUT2D eigenvalue weighted by Crippen LogP contribution is -2.38. The van der Waals surface area contributed by atoms with E-state index in [0.717, 1.165) is 44.3 Å². The van der Waals surface area contributed by atoms with Crippen LogP contribution in [0.1, 0.15) is 51.3 Å². The highest BCUT2D eigenvalue weighted by atomic mass is 15.2. The van der Waals surface area contributed by atoms with Crippen LogP contribution < -0.4 is 10.6 Å². The largest absolute Gasteiger partial charge is 0.356 e. The summed E-state index contributed by atoms with van der Waals surface area (Å²) in [6.07, 6.45) is 11.3. The zero-order valence-electron chi connectivity index (χ0n) is 13.9. The van der Waals surface area contributed by atoms with Gasteiger partial charge in [-0.05, 0) is 26.2 Å². The predicted octanol–water partition coefficient (Wildman–Crippen LogP) is 2.72. The summed E-state index contributed by atoms with van der Waals surface area (Å²) in [4.78, 5) is 8.48. The zero-order chi connectivity index (χ0) is 15.3. The van der Waals surface area contributed by atoms with Crippen LogP contribution in [-0.4, -0.2) is 35.6 Å². The Morgan fingerprint density at radius 3 is 2.43 bits per heavy atom. The maximum Gasteiger partial charge on any atom is 0.190 e. The van der Waals surface area contributed by atoms with Crippen molar-refractivity contribution in [3.05, 3.63) is 18.2 Å². The number of imidazole rings is 1. The lowest BCUT2D eigenvalue weighted by Gasteiger charge is -2.12. The number of aliphatic imine (C=N–C) groups is 1. The van der Waals surface area contributed by atoms with E-state index in [9.17, 15) is 0 Å². The van der Waals surface area contributed by atoms with Gasteiger partial charge in [-0.2, -0.15) is 0 Å². The van der Waals surface area contributed by atoms with Crippen molar-refractivity contribution >= 4 is 5.96 Å². The van der Waals surface area contributed by atoms with Crippen LogP contribution in [0.25, 0.3) is 0 Å². The van der Waals surface area contributed by atoms with E-state index in [2.05, 4.69) is 32.1 Å². The Morgan fingerprint density at radius 2 is 1.86 bits per heavy atom. The number of rotatable bonds is 10. The molecule has 5 nitrogen and oxygen atoms in total. The fourth-order valence-corrected chi connectivity index (χ4v) is 2.23. The highest BCUT2D eigenvalue weighted by Gasteiger charge is 1.98. The molecule has 0 unspecified atom stereocenters. The average molecular weight is 293 g/mol. The molecule has 0 aromatic carbocycles. The Hall–Kier alpha value is -1.52. The van der Waals surface area contributed by atoms with Gasteiger partial charge in [-0.15, -0.1) is 0 Å². The summed E-state index contributed by atoms with van der Waals surface area (Å²) in [5, 5.41) is 6.73. The van der Waals surface area contributed by atoms with Crippen molar-refractivity contribution in [2.24, 2.45) is 4.99 Å². The third-order valence-corrected chi connectivity index (χ3v) is 3.59. The number of unbranched alkanes of at least 4 members (excludes halogenated alkanes) is 4. The molecule has 0 saturated heterocycles. The van der Waals surface area contributed by atoms with Gasteiger partial charge >= 0.3 is 0 Å². The molecule has 0 radical (unpaired) electrons. The molecule has 0 spiro atoms. The number of aromatic nitrogens is 2. The summed E-state index contributed by atoms with van der Waals surface area (Å²) >= 11 is 0. The summed E-state index contributed by atoms with van der Waals surface area (Å²) < 4.78 is 2.20. The molecule has 1 aromatic heterocycles. The highest BCUT2D eigenvalue weighted by Crippen LogP contribution is 1.99. The second kappa shape index (κ2) is 11.2. The summed E-state index contributed by atoms with van der Waals surface area (Å²) in [5.41, 5.74) is 0. The minimum Gasteiger partial charge on any atom is -0.356 e. The molecule has 0 aliphatic carbocycles. The van der Waals surface area contributed by atoms with Crippen LogP contribution in [-0.2, 0) is 6.54 Å². The Bertz CT molecular complexity index is 397. The molecule has 1 heterocycles. The van der Waals surface area contributed by atoms with Gasteiger partial charge in [-0.25, -0.2) is 4.98 Å². The van der Waals surface area contributed by atoms with Crippen molar-refractivity contribution in [2.75, 3.05) is 20.1 Å². The van der Waals surface area contributed by atoms with Gasteiger partial charge in [0.1, 0.15) is 5.82 Å². The van der Waals surface area contributed by atoms with Gasteiger partial charge in [0.15, 0.2) is 5.96 Å². The minimum atomic E-state index is 0.922. The number of hydrogen-bond acceptors (Lipinski definition) is 2. The molecule has 0 atom stereocenters. The first kappa shape index (κ1) is 17.5. The summed E-state index contributed by atoms with van der Waals surface area (Å²) in [6, 6.07) is 0. The van der Waals surface area contributed by atoms with Crippen molar-refractivity contribution in [1.82, 2.24) is 20.2 Å². The molecule has 0 bridgehead atoms. The number of nitrogens with one attached hydrogen (secondary N) is 2. The first-order valence-corrected chi connectivity index (χ1v) is 8.20. The molecule has 0 aliphatic rings. The Balaban J connectivity index is 2.03. The highest BCUT2D eigenvalue weighted by molar-refractivity contribution is 5.79. The number of guanidine groups is 1. The van der Waals surface area contributed by atoms with Gasteiger partial charge in [0, 0.05) is 39.1 Å². The molecular formula is C16H31N5. The predicted molar refractivity (Wildman–Crippen MR) is 89.7 cm³/mol. The van der Waals surface area contributed by atoms with E-state index < -0.39 is 0 Å². The number of nitrogens with zero attached hydrogens (tertiary/aromatic N) is 3.